The first-order valence-electron chi connectivity index (χ1n) is 10.2. The fourth-order valence-corrected chi connectivity index (χ4v) is 4.50. The Kier molecular flexibility index (Phi) is 10.8. The lowest BCUT2D eigenvalue weighted by atomic mass is 9.90. The molecule has 2 atom stereocenters. The molecule has 1 aromatic carbocycles. The van der Waals surface area contributed by atoms with Gasteiger partial charge in [0.2, 0.25) is 0 Å². The third-order valence-electron chi connectivity index (χ3n) is 4.58. The van der Waals surface area contributed by atoms with E-state index in [1.807, 2.05) is 30.3 Å². The topological polar surface area (TPSA) is 35.5 Å². The van der Waals surface area contributed by atoms with Crippen LogP contribution in [-0.2, 0) is 14.0 Å². The number of ether oxygens (including phenoxy) is 1. The van der Waals surface area contributed by atoms with Gasteiger partial charge in [-0.25, -0.2) is 0 Å². The minimum absolute atomic E-state index is 0.104. The number of benzene rings is 1. The summed E-state index contributed by atoms with van der Waals surface area (Å²) >= 11 is 0. The van der Waals surface area contributed by atoms with Crippen LogP contribution in [0, 0.1) is 0 Å². The standard InChI is InChI=1S/C22H38O3Si/c1-6-7-8-9-10-11-15-18-20(25-26(3,4)5)21(22(23)24-2)19-16-13-12-14-17-19/h12-14,16-17,20-21H,6-11,15,18H2,1-5H3/t20-,21+/m0/s1. The molecule has 3 nitrogen and oxygen atoms in total. The van der Waals surface area contributed by atoms with Gasteiger partial charge in [-0.2, -0.15) is 0 Å². The van der Waals surface area contributed by atoms with Crippen LogP contribution >= 0.6 is 0 Å². The van der Waals surface area contributed by atoms with E-state index in [1.54, 1.807) is 0 Å². The van der Waals surface area contributed by atoms with Crippen LogP contribution in [0.15, 0.2) is 30.3 Å². The van der Waals surface area contributed by atoms with Crippen LogP contribution < -0.4 is 0 Å². The van der Waals surface area contributed by atoms with E-state index < -0.39 is 8.32 Å². The van der Waals surface area contributed by atoms with Gasteiger partial charge in [0.15, 0.2) is 8.32 Å². The number of carbonyl (C=O) groups is 1. The second-order valence-corrected chi connectivity index (χ2v) is 12.6. The van der Waals surface area contributed by atoms with Gasteiger partial charge in [-0.3, -0.25) is 4.79 Å². The Balaban J connectivity index is 2.76. The van der Waals surface area contributed by atoms with Gasteiger partial charge in [0.1, 0.15) is 5.92 Å². The highest BCUT2D eigenvalue weighted by atomic mass is 28.4. The summed E-state index contributed by atoms with van der Waals surface area (Å²) in [7, 11) is -0.299. The molecule has 1 rings (SSSR count). The van der Waals surface area contributed by atoms with Crippen LogP contribution in [-0.4, -0.2) is 27.5 Å². The largest absolute Gasteiger partial charge is 0.468 e. The van der Waals surface area contributed by atoms with Gasteiger partial charge in [-0.15, -0.1) is 0 Å². The highest BCUT2D eigenvalue weighted by Crippen LogP contribution is 2.29. The molecule has 0 aliphatic carbocycles. The summed E-state index contributed by atoms with van der Waals surface area (Å²) in [6.07, 6.45) is 9.64. The molecule has 0 bridgehead atoms. The summed E-state index contributed by atoms with van der Waals surface area (Å²) < 4.78 is 11.6. The van der Waals surface area contributed by atoms with Crippen LogP contribution in [0.3, 0.4) is 0 Å². The first-order valence-corrected chi connectivity index (χ1v) is 13.6. The first kappa shape index (κ1) is 22.9. The fourth-order valence-electron chi connectivity index (χ4n) is 3.34. The second kappa shape index (κ2) is 12.3. The van der Waals surface area contributed by atoms with Crippen LogP contribution in [0.4, 0.5) is 0 Å². The van der Waals surface area contributed by atoms with Crippen molar-refractivity contribution in [1.29, 1.82) is 0 Å². The molecule has 0 aliphatic heterocycles. The molecule has 0 unspecified atom stereocenters. The SMILES string of the molecule is CCCCCCCCC[C@H](O[Si](C)(C)C)[C@H](C(=O)OC)c1ccccc1. The Bertz CT molecular complexity index is 496. The molecule has 0 amide bonds. The van der Waals surface area contributed by atoms with Crippen molar-refractivity contribution >= 4 is 14.3 Å². The summed E-state index contributed by atoms with van der Waals surface area (Å²) in [5, 5.41) is 0. The molecule has 0 N–H and O–H groups in total. The number of carbonyl (C=O) groups excluding carboxylic acids is 1. The molecular formula is C22H38O3Si. The minimum atomic E-state index is -1.77. The Morgan fingerprint density at radius 2 is 1.54 bits per heavy atom. The van der Waals surface area contributed by atoms with Crippen LogP contribution in [0.1, 0.15) is 69.8 Å². The van der Waals surface area contributed by atoms with Crippen molar-refractivity contribution in [2.75, 3.05) is 7.11 Å². The molecule has 0 radical (unpaired) electrons. The molecule has 0 heterocycles. The van der Waals surface area contributed by atoms with E-state index in [4.69, 9.17) is 9.16 Å². The third kappa shape index (κ3) is 8.99. The average molecular weight is 379 g/mol. The Hall–Kier alpha value is -1.13. The lowest BCUT2D eigenvalue weighted by Gasteiger charge is -2.31. The molecule has 0 fully saturated rings. The molecule has 4 heteroatoms. The summed E-state index contributed by atoms with van der Waals surface area (Å²) in [4.78, 5) is 12.6. The Labute approximate surface area is 161 Å². The molecule has 0 spiro atoms. The Morgan fingerprint density at radius 3 is 2.08 bits per heavy atom. The number of esters is 1. The normalized spacial score (nSPS) is 14.0. The van der Waals surface area contributed by atoms with Crippen molar-refractivity contribution in [2.45, 2.75) is 90.0 Å². The predicted molar refractivity (Wildman–Crippen MR) is 112 cm³/mol. The van der Waals surface area contributed by atoms with Crippen molar-refractivity contribution in [3.05, 3.63) is 35.9 Å². The molecule has 0 aromatic heterocycles. The number of rotatable bonds is 13. The monoisotopic (exact) mass is 378 g/mol. The molecule has 148 valence electrons. The highest BCUT2D eigenvalue weighted by Gasteiger charge is 2.34. The average Bonchev–Trinajstić information content (AvgIpc) is 2.60. The van der Waals surface area contributed by atoms with Crippen molar-refractivity contribution in [1.82, 2.24) is 0 Å². The van der Waals surface area contributed by atoms with E-state index in [1.165, 1.54) is 45.6 Å². The molecule has 0 aliphatic rings. The smallest absolute Gasteiger partial charge is 0.315 e. The zero-order valence-corrected chi connectivity index (χ0v) is 18.4. The molecular weight excluding hydrogens is 340 g/mol. The molecule has 0 saturated carbocycles. The molecule has 0 saturated heterocycles. The zero-order chi connectivity index (χ0) is 19.4. The maximum absolute atomic E-state index is 12.6. The van der Waals surface area contributed by atoms with E-state index in [0.717, 1.165) is 18.4 Å². The molecule has 26 heavy (non-hydrogen) atoms. The summed E-state index contributed by atoms with van der Waals surface area (Å²) in [5.41, 5.74) is 0.991. The van der Waals surface area contributed by atoms with Gasteiger partial charge < -0.3 is 9.16 Å². The maximum atomic E-state index is 12.6. The van der Waals surface area contributed by atoms with Crippen LogP contribution in [0.5, 0.6) is 0 Å². The van der Waals surface area contributed by atoms with Gasteiger partial charge in [-0.05, 0) is 31.6 Å². The van der Waals surface area contributed by atoms with Crippen molar-refractivity contribution in [2.24, 2.45) is 0 Å². The number of hydrogen-bond acceptors (Lipinski definition) is 3. The zero-order valence-electron chi connectivity index (χ0n) is 17.4. The summed E-state index contributed by atoms with van der Waals surface area (Å²) in [6, 6.07) is 9.94. The van der Waals surface area contributed by atoms with Gasteiger partial charge >= 0.3 is 5.97 Å². The number of hydrogen-bond donors (Lipinski definition) is 0. The van der Waals surface area contributed by atoms with Crippen LogP contribution in [0.2, 0.25) is 19.6 Å². The van der Waals surface area contributed by atoms with Gasteiger partial charge in [0.25, 0.3) is 0 Å². The van der Waals surface area contributed by atoms with E-state index in [9.17, 15) is 4.79 Å². The van der Waals surface area contributed by atoms with Gasteiger partial charge in [0, 0.05) is 0 Å². The first-order chi connectivity index (χ1) is 12.4. The summed E-state index contributed by atoms with van der Waals surface area (Å²) in [6.45, 7) is 8.80. The minimum Gasteiger partial charge on any atom is -0.468 e. The quantitative estimate of drug-likeness (QED) is 0.229. The fraction of sp³-hybridized carbons (Fsp3) is 0.682. The third-order valence-corrected chi connectivity index (χ3v) is 5.59. The Morgan fingerprint density at radius 1 is 0.962 bits per heavy atom. The lowest BCUT2D eigenvalue weighted by Crippen LogP contribution is -2.38. The number of methoxy groups -OCH3 is 1. The summed E-state index contributed by atoms with van der Waals surface area (Å²) in [5.74, 6) is -0.532. The predicted octanol–water partition coefficient (Wildman–Crippen LogP) is 6.30. The van der Waals surface area contributed by atoms with E-state index in [0.29, 0.717) is 0 Å². The highest BCUT2D eigenvalue weighted by molar-refractivity contribution is 6.69. The van der Waals surface area contributed by atoms with E-state index >= 15 is 0 Å². The van der Waals surface area contributed by atoms with Crippen molar-refractivity contribution in [3.8, 4) is 0 Å². The van der Waals surface area contributed by atoms with Gasteiger partial charge in [-0.1, -0.05) is 82.2 Å². The second-order valence-electron chi connectivity index (χ2n) is 8.09. The van der Waals surface area contributed by atoms with Gasteiger partial charge in [0.05, 0.1) is 13.2 Å². The van der Waals surface area contributed by atoms with Crippen molar-refractivity contribution in [3.63, 3.8) is 0 Å². The maximum Gasteiger partial charge on any atom is 0.315 e. The van der Waals surface area contributed by atoms with Crippen LogP contribution in [0.25, 0.3) is 0 Å². The lowest BCUT2D eigenvalue weighted by molar-refractivity contribution is -0.145. The molecule has 1 aromatic rings. The van der Waals surface area contributed by atoms with E-state index in [-0.39, 0.29) is 18.0 Å². The van der Waals surface area contributed by atoms with E-state index in [2.05, 4.69) is 26.6 Å². The number of unbranched alkanes of at least 4 members (excludes halogenated alkanes) is 6. The van der Waals surface area contributed by atoms with Crippen molar-refractivity contribution < 1.29 is 14.0 Å².